The average molecular weight is 499 g/mol. The first-order chi connectivity index (χ1) is 16.5. The zero-order chi connectivity index (χ0) is 23.7. The Kier molecular flexibility index (Phi) is 6.29. The van der Waals surface area contributed by atoms with E-state index >= 15 is 0 Å². The third kappa shape index (κ3) is 4.80. The van der Waals surface area contributed by atoms with Gasteiger partial charge in [0.1, 0.15) is 30.1 Å². The number of imidazole rings is 1. The fourth-order valence-electron chi connectivity index (χ4n) is 3.59. The number of likely N-dealkylation sites (N-methyl/N-ethyl adjacent to an activating group) is 1. The topological polar surface area (TPSA) is 87.0 Å². The predicted molar refractivity (Wildman–Crippen MR) is 132 cm³/mol. The van der Waals surface area contributed by atoms with Gasteiger partial charge in [-0.3, -0.25) is 4.98 Å². The molecule has 0 amide bonds. The van der Waals surface area contributed by atoms with E-state index in [1.807, 2.05) is 29.8 Å². The number of hydrogen-bond donors (Lipinski definition) is 1. The van der Waals surface area contributed by atoms with Gasteiger partial charge in [0.05, 0.1) is 17.3 Å². The molecule has 10 heteroatoms. The number of rotatable bonds is 9. The first-order valence-corrected chi connectivity index (χ1v) is 11.8. The largest absolute Gasteiger partial charge is 0.492 e. The molecule has 3 heterocycles. The Morgan fingerprint density at radius 3 is 2.71 bits per heavy atom. The molecule has 5 rings (SSSR count). The van der Waals surface area contributed by atoms with E-state index in [1.165, 1.54) is 6.33 Å². The standard InChI is InChI=1S/C24H24Cl2N6O2/c1-24(6-7-24)34-23-20-22(29-14-30-23)32(13-16-11-15(25)5-8-28-16)21(31-20)18-4-3-17(12-19(18)26)33-10-9-27-2/h3-5,8,11-12,14,27H,6-7,9-10,13H2,1-2H3. The Bertz CT molecular complexity index is 1340. The van der Waals surface area contributed by atoms with Crippen molar-refractivity contribution in [2.75, 3.05) is 20.2 Å². The van der Waals surface area contributed by atoms with Gasteiger partial charge in [0.25, 0.3) is 0 Å². The Balaban J connectivity index is 1.60. The summed E-state index contributed by atoms with van der Waals surface area (Å²) in [5.74, 6) is 1.79. The second-order valence-corrected chi connectivity index (χ2v) is 9.33. The summed E-state index contributed by atoms with van der Waals surface area (Å²) in [6.07, 6.45) is 5.15. The summed E-state index contributed by atoms with van der Waals surface area (Å²) in [7, 11) is 1.88. The molecule has 0 radical (unpaired) electrons. The van der Waals surface area contributed by atoms with E-state index in [4.69, 9.17) is 37.7 Å². The number of ether oxygens (including phenoxy) is 2. The molecular formula is C24H24Cl2N6O2. The van der Waals surface area contributed by atoms with E-state index in [9.17, 15) is 0 Å². The molecule has 176 valence electrons. The molecule has 1 aliphatic rings. The van der Waals surface area contributed by atoms with Gasteiger partial charge >= 0.3 is 0 Å². The lowest BCUT2D eigenvalue weighted by Crippen LogP contribution is -2.15. The zero-order valence-corrected chi connectivity index (χ0v) is 20.4. The molecule has 0 spiro atoms. The normalized spacial score (nSPS) is 14.4. The number of halogens is 2. The molecule has 0 saturated heterocycles. The van der Waals surface area contributed by atoms with E-state index in [2.05, 4.69) is 27.2 Å². The maximum absolute atomic E-state index is 6.71. The van der Waals surface area contributed by atoms with Crippen molar-refractivity contribution in [3.63, 3.8) is 0 Å². The highest BCUT2D eigenvalue weighted by molar-refractivity contribution is 6.33. The van der Waals surface area contributed by atoms with Gasteiger partial charge in [-0.15, -0.1) is 0 Å². The number of fused-ring (bicyclic) bond motifs is 1. The summed E-state index contributed by atoms with van der Waals surface area (Å²) >= 11 is 12.9. The molecule has 0 bridgehead atoms. The molecule has 8 nitrogen and oxygen atoms in total. The molecule has 1 aromatic carbocycles. The number of benzene rings is 1. The first kappa shape index (κ1) is 22.8. The Hall–Kier alpha value is -2.94. The quantitative estimate of drug-likeness (QED) is 0.332. The van der Waals surface area contributed by atoms with Crippen LogP contribution in [0, 0.1) is 0 Å². The maximum Gasteiger partial charge on any atom is 0.245 e. The molecule has 1 aliphatic carbocycles. The predicted octanol–water partition coefficient (Wildman–Crippen LogP) is 4.77. The lowest BCUT2D eigenvalue weighted by molar-refractivity contribution is 0.194. The third-order valence-electron chi connectivity index (χ3n) is 5.70. The van der Waals surface area contributed by atoms with Crippen molar-refractivity contribution in [1.29, 1.82) is 0 Å². The number of aromatic nitrogens is 5. The number of nitrogens with zero attached hydrogens (tertiary/aromatic N) is 5. The van der Waals surface area contributed by atoms with E-state index < -0.39 is 0 Å². The SMILES string of the molecule is CNCCOc1ccc(-c2nc3c(OC4(C)CC4)ncnc3n2Cc2cc(Cl)ccn2)c(Cl)c1. The zero-order valence-electron chi connectivity index (χ0n) is 18.9. The Morgan fingerprint density at radius 2 is 1.97 bits per heavy atom. The van der Waals surface area contributed by atoms with Gasteiger partial charge < -0.3 is 19.4 Å². The number of hydrogen-bond acceptors (Lipinski definition) is 7. The molecular weight excluding hydrogens is 475 g/mol. The molecule has 1 fully saturated rings. The van der Waals surface area contributed by atoms with Crippen molar-refractivity contribution in [3.05, 3.63) is 58.6 Å². The summed E-state index contributed by atoms with van der Waals surface area (Å²) in [4.78, 5) is 18.3. The van der Waals surface area contributed by atoms with Crippen LogP contribution in [0.5, 0.6) is 11.6 Å². The molecule has 34 heavy (non-hydrogen) atoms. The minimum absolute atomic E-state index is 0.205. The van der Waals surface area contributed by atoms with Crippen LogP contribution in [-0.4, -0.2) is 50.3 Å². The van der Waals surface area contributed by atoms with Gasteiger partial charge in [0.15, 0.2) is 11.2 Å². The molecule has 1 N–H and O–H groups in total. The molecule has 0 unspecified atom stereocenters. The first-order valence-electron chi connectivity index (χ1n) is 11.0. The van der Waals surface area contributed by atoms with Crippen LogP contribution in [0.1, 0.15) is 25.5 Å². The van der Waals surface area contributed by atoms with Crippen molar-refractivity contribution >= 4 is 34.4 Å². The summed E-state index contributed by atoms with van der Waals surface area (Å²) in [6.45, 7) is 3.75. The molecule has 1 saturated carbocycles. The van der Waals surface area contributed by atoms with Crippen molar-refractivity contribution in [2.45, 2.75) is 31.9 Å². The summed E-state index contributed by atoms with van der Waals surface area (Å²) in [6, 6.07) is 9.14. The third-order valence-corrected chi connectivity index (χ3v) is 6.24. The van der Waals surface area contributed by atoms with E-state index in [-0.39, 0.29) is 5.60 Å². The van der Waals surface area contributed by atoms with Gasteiger partial charge in [-0.05, 0) is 57.1 Å². The Labute approximate surface area is 207 Å². The van der Waals surface area contributed by atoms with Crippen molar-refractivity contribution in [1.82, 2.24) is 29.8 Å². The van der Waals surface area contributed by atoms with E-state index in [0.29, 0.717) is 51.8 Å². The fourth-order valence-corrected chi connectivity index (χ4v) is 4.03. The molecule has 0 atom stereocenters. The smallest absolute Gasteiger partial charge is 0.245 e. The van der Waals surface area contributed by atoms with E-state index in [1.54, 1.807) is 18.3 Å². The minimum atomic E-state index is -0.205. The van der Waals surface area contributed by atoms with Crippen LogP contribution in [0.15, 0.2) is 42.9 Å². The highest BCUT2D eigenvalue weighted by Gasteiger charge is 2.41. The summed E-state index contributed by atoms with van der Waals surface area (Å²) in [5.41, 5.74) is 2.52. The average Bonchev–Trinajstić information content (AvgIpc) is 3.43. The lowest BCUT2D eigenvalue weighted by Gasteiger charge is -2.12. The van der Waals surface area contributed by atoms with Crippen LogP contribution >= 0.6 is 23.2 Å². The van der Waals surface area contributed by atoms with Crippen molar-refractivity contribution < 1.29 is 9.47 Å². The van der Waals surface area contributed by atoms with Crippen molar-refractivity contribution in [3.8, 4) is 23.0 Å². The Morgan fingerprint density at radius 1 is 1.12 bits per heavy atom. The highest BCUT2D eigenvalue weighted by atomic mass is 35.5. The van der Waals surface area contributed by atoms with Gasteiger partial charge in [0, 0.05) is 23.3 Å². The van der Waals surface area contributed by atoms with Crippen LogP contribution in [0.2, 0.25) is 10.0 Å². The van der Waals surface area contributed by atoms with Gasteiger partial charge in [-0.1, -0.05) is 23.2 Å². The maximum atomic E-state index is 6.71. The van der Waals surface area contributed by atoms with Gasteiger partial charge in [0.2, 0.25) is 5.88 Å². The second-order valence-electron chi connectivity index (χ2n) is 8.48. The number of nitrogens with one attached hydrogen (secondary N) is 1. The van der Waals surface area contributed by atoms with Crippen LogP contribution in [0.3, 0.4) is 0 Å². The van der Waals surface area contributed by atoms with Gasteiger partial charge in [-0.2, -0.15) is 4.98 Å². The fraction of sp³-hybridized carbons (Fsp3) is 0.333. The monoisotopic (exact) mass is 498 g/mol. The summed E-state index contributed by atoms with van der Waals surface area (Å²) < 4.78 is 13.9. The lowest BCUT2D eigenvalue weighted by atomic mass is 10.2. The van der Waals surface area contributed by atoms with E-state index in [0.717, 1.165) is 30.6 Å². The summed E-state index contributed by atoms with van der Waals surface area (Å²) in [5, 5.41) is 4.18. The van der Waals surface area contributed by atoms with Crippen LogP contribution in [0.25, 0.3) is 22.6 Å². The molecule has 4 aromatic rings. The van der Waals surface area contributed by atoms with Crippen LogP contribution in [-0.2, 0) is 6.54 Å². The number of pyridine rings is 1. The second kappa shape index (κ2) is 9.37. The minimum Gasteiger partial charge on any atom is -0.492 e. The molecule has 0 aliphatic heterocycles. The van der Waals surface area contributed by atoms with Crippen LogP contribution in [0.4, 0.5) is 0 Å². The van der Waals surface area contributed by atoms with Gasteiger partial charge in [-0.25, -0.2) is 9.97 Å². The molecule has 3 aromatic heterocycles. The van der Waals surface area contributed by atoms with Crippen molar-refractivity contribution in [2.24, 2.45) is 0 Å². The highest BCUT2D eigenvalue weighted by Crippen LogP contribution is 2.41. The van der Waals surface area contributed by atoms with Crippen LogP contribution < -0.4 is 14.8 Å².